The minimum Gasteiger partial charge on any atom is -0.481 e. The van der Waals surface area contributed by atoms with E-state index in [-0.39, 0.29) is 0 Å². The lowest BCUT2D eigenvalue weighted by atomic mass is 9.97. The van der Waals surface area contributed by atoms with Crippen LogP contribution < -0.4 is 0 Å². The molecule has 0 aromatic rings. The maximum absolute atomic E-state index is 10.8. The minimum absolute atomic E-state index is 0.486. The van der Waals surface area contributed by atoms with Gasteiger partial charge in [-0.15, -0.1) is 0 Å². The van der Waals surface area contributed by atoms with Crippen molar-refractivity contribution >= 4 is 17.9 Å². The Balaban J connectivity index is 0.000000400. The molecule has 21 heavy (non-hydrogen) atoms. The zero-order valence-corrected chi connectivity index (χ0v) is 11.8. The van der Waals surface area contributed by atoms with Crippen molar-refractivity contribution in [2.45, 2.75) is 38.6 Å². The molecule has 1 aliphatic rings. The molecule has 122 valence electrons. The van der Waals surface area contributed by atoms with Crippen LogP contribution in [0.1, 0.15) is 26.7 Å². The van der Waals surface area contributed by atoms with Crippen LogP contribution in [0, 0.1) is 5.92 Å². The molecule has 0 bridgehead atoms. The standard InChI is InChI=1S/C8H14O4.C4H6O5/c1-3-6(7(9)10)8(2)11-4-5-12-8;5-2(4(8)9)1-3(6)7/h6H,3-5H2,1-2H3,(H,9,10);2,5H,1H2,(H,6,7)(H,8,9). The SMILES string of the molecule is CCC(C(=O)O)C1(C)OCCO1.O=C(O)CC(O)C(=O)O. The van der Waals surface area contributed by atoms with E-state index in [0.717, 1.165) is 0 Å². The van der Waals surface area contributed by atoms with Gasteiger partial charge < -0.3 is 29.9 Å². The Morgan fingerprint density at radius 3 is 1.81 bits per heavy atom. The number of carboxylic acid groups (broad SMARTS) is 3. The summed E-state index contributed by atoms with van der Waals surface area (Å²) in [5.41, 5.74) is 0. The van der Waals surface area contributed by atoms with E-state index in [1.165, 1.54) is 0 Å². The molecular formula is C12H20O9. The third kappa shape index (κ3) is 6.52. The topological polar surface area (TPSA) is 151 Å². The van der Waals surface area contributed by atoms with Crippen molar-refractivity contribution in [3.05, 3.63) is 0 Å². The molecule has 0 spiro atoms. The Morgan fingerprint density at radius 1 is 1.10 bits per heavy atom. The Morgan fingerprint density at radius 2 is 1.57 bits per heavy atom. The molecule has 9 heteroatoms. The molecule has 1 saturated heterocycles. The second-order valence-electron chi connectivity index (χ2n) is 4.46. The quantitative estimate of drug-likeness (QED) is 0.521. The van der Waals surface area contributed by atoms with E-state index in [4.69, 9.17) is 29.9 Å². The molecule has 0 saturated carbocycles. The molecule has 1 aliphatic heterocycles. The van der Waals surface area contributed by atoms with Gasteiger partial charge in [-0.25, -0.2) is 4.79 Å². The average molecular weight is 308 g/mol. The van der Waals surface area contributed by atoms with Gasteiger partial charge in [-0.3, -0.25) is 9.59 Å². The number of aliphatic hydroxyl groups excluding tert-OH is 1. The number of ether oxygens (including phenoxy) is 2. The summed E-state index contributed by atoms with van der Waals surface area (Å²) in [5, 5.41) is 33.0. The average Bonchev–Trinajstić information content (AvgIpc) is 2.76. The molecule has 0 aromatic heterocycles. The van der Waals surface area contributed by atoms with Gasteiger partial charge in [0.25, 0.3) is 0 Å². The lowest BCUT2D eigenvalue weighted by molar-refractivity contribution is -0.197. The van der Waals surface area contributed by atoms with Crippen LogP contribution in [-0.4, -0.2) is 63.4 Å². The van der Waals surface area contributed by atoms with Crippen molar-refractivity contribution in [2.24, 2.45) is 5.92 Å². The Labute approximate surface area is 121 Å². The molecule has 1 heterocycles. The first-order valence-corrected chi connectivity index (χ1v) is 6.27. The van der Waals surface area contributed by atoms with E-state index in [2.05, 4.69) is 0 Å². The predicted octanol–water partition coefficient (Wildman–Crippen LogP) is -0.233. The van der Waals surface area contributed by atoms with E-state index in [0.29, 0.717) is 19.6 Å². The number of hydrogen-bond acceptors (Lipinski definition) is 6. The van der Waals surface area contributed by atoms with E-state index in [1.807, 2.05) is 6.92 Å². The van der Waals surface area contributed by atoms with Crippen molar-refractivity contribution in [3.8, 4) is 0 Å². The summed E-state index contributed by atoms with van der Waals surface area (Å²) in [4.78, 5) is 30.2. The third-order valence-electron chi connectivity index (χ3n) is 2.85. The normalized spacial score (nSPS) is 19.0. The largest absolute Gasteiger partial charge is 0.481 e. The van der Waals surface area contributed by atoms with Crippen molar-refractivity contribution in [3.63, 3.8) is 0 Å². The van der Waals surface area contributed by atoms with Gasteiger partial charge in [0.2, 0.25) is 0 Å². The first-order valence-electron chi connectivity index (χ1n) is 6.27. The van der Waals surface area contributed by atoms with Crippen molar-refractivity contribution in [1.82, 2.24) is 0 Å². The van der Waals surface area contributed by atoms with Crippen molar-refractivity contribution in [1.29, 1.82) is 0 Å². The maximum Gasteiger partial charge on any atom is 0.333 e. The second kappa shape index (κ2) is 8.55. The van der Waals surface area contributed by atoms with E-state index in [9.17, 15) is 14.4 Å². The lowest BCUT2D eigenvalue weighted by Gasteiger charge is -2.28. The van der Waals surface area contributed by atoms with Crippen LogP contribution >= 0.6 is 0 Å². The molecular weight excluding hydrogens is 288 g/mol. The molecule has 4 N–H and O–H groups in total. The van der Waals surface area contributed by atoms with Crippen molar-refractivity contribution in [2.75, 3.05) is 13.2 Å². The number of hydrogen-bond donors (Lipinski definition) is 4. The number of aliphatic hydroxyl groups is 1. The van der Waals surface area contributed by atoms with E-state index >= 15 is 0 Å². The highest BCUT2D eigenvalue weighted by Crippen LogP contribution is 2.30. The fourth-order valence-corrected chi connectivity index (χ4v) is 1.75. The highest BCUT2D eigenvalue weighted by Gasteiger charge is 2.43. The summed E-state index contributed by atoms with van der Waals surface area (Å²) in [6, 6.07) is 0. The minimum atomic E-state index is -1.79. The molecule has 2 unspecified atom stereocenters. The van der Waals surface area contributed by atoms with Gasteiger partial charge in [-0.2, -0.15) is 0 Å². The lowest BCUT2D eigenvalue weighted by Crippen LogP contribution is -2.40. The Hall–Kier alpha value is -1.71. The molecule has 2 atom stereocenters. The number of rotatable bonds is 6. The van der Waals surface area contributed by atoms with Crippen LogP contribution in [0.25, 0.3) is 0 Å². The highest BCUT2D eigenvalue weighted by atomic mass is 16.7. The molecule has 0 radical (unpaired) electrons. The summed E-state index contributed by atoms with van der Waals surface area (Å²) < 4.78 is 10.5. The van der Waals surface area contributed by atoms with Crippen LogP contribution in [0.3, 0.4) is 0 Å². The maximum atomic E-state index is 10.8. The van der Waals surface area contributed by atoms with Crippen LogP contribution in [-0.2, 0) is 23.9 Å². The zero-order valence-electron chi connectivity index (χ0n) is 11.8. The summed E-state index contributed by atoms with van der Waals surface area (Å²) in [5.74, 6) is -5.19. The predicted molar refractivity (Wildman–Crippen MR) is 67.6 cm³/mol. The molecule has 1 fully saturated rings. The number of aliphatic carboxylic acids is 3. The van der Waals surface area contributed by atoms with Gasteiger partial charge in [-0.1, -0.05) is 6.92 Å². The smallest absolute Gasteiger partial charge is 0.333 e. The van der Waals surface area contributed by atoms with Gasteiger partial charge in [0.15, 0.2) is 11.9 Å². The van der Waals surface area contributed by atoms with E-state index < -0.39 is 42.1 Å². The number of carbonyl (C=O) groups is 3. The van der Waals surface area contributed by atoms with Crippen LogP contribution in [0.5, 0.6) is 0 Å². The fourth-order valence-electron chi connectivity index (χ4n) is 1.75. The zero-order chi connectivity index (χ0) is 16.6. The summed E-state index contributed by atoms with van der Waals surface area (Å²) >= 11 is 0. The summed E-state index contributed by atoms with van der Waals surface area (Å²) in [6.45, 7) is 4.47. The summed E-state index contributed by atoms with van der Waals surface area (Å²) in [7, 11) is 0. The Bertz CT molecular complexity index is 373. The monoisotopic (exact) mass is 308 g/mol. The van der Waals surface area contributed by atoms with Gasteiger partial charge in [0, 0.05) is 0 Å². The molecule has 0 aliphatic carbocycles. The molecule has 0 aromatic carbocycles. The second-order valence-corrected chi connectivity index (χ2v) is 4.46. The molecule has 1 rings (SSSR count). The molecule has 0 amide bonds. The highest BCUT2D eigenvalue weighted by molar-refractivity contribution is 5.79. The van der Waals surface area contributed by atoms with Gasteiger partial charge in [0.05, 0.1) is 19.6 Å². The third-order valence-corrected chi connectivity index (χ3v) is 2.85. The van der Waals surface area contributed by atoms with Crippen molar-refractivity contribution < 1.29 is 44.3 Å². The number of carboxylic acids is 3. The summed E-state index contributed by atoms with van der Waals surface area (Å²) in [6.07, 6.45) is -2.02. The van der Waals surface area contributed by atoms with Gasteiger partial charge in [-0.05, 0) is 13.3 Å². The van der Waals surface area contributed by atoms with Crippen LogP contribution in [0.2, 0.25) is 0 Å². The van der Waals surface area contributed by atoms with Crippen LogP contribution in [0.4, 0.5) is 0 Å². The Kier molecular flexibility index (Phi) is 7.85. The van der Waals surface area contributed by atoms with Gasteiger partial charge in [0.1, 0.15) is 5.92 Å². The first kappa shape index (κ1) is 19.3. The molecule has 9 nitrogen and oxygen atoms in total. The van der Waals surface area contributed by atoms with E-state index in [1.54, 1.807) is 6.92 Å². The van der Waals surface area contributed by atoms with Crippen LogP contribution in [0.15, 0.2) is 0 Å². The van der Waals surface area contributed by atoms with Gasteiger partial charge >= 0.3 is 17.9 Å². The fraction of sp³-hybridized carbons (Fsp3) is 0.750. The first-order chi connectivity index (χ1) is 9.64.